The van der Waals surface area contributed by atoms with E-state index in [4.69, 9.17) is 10.7 Å². The molecule has 35 heavy (non-hydrogen) atoms. The molecule has 3 aromatic heterocycles. The van der Waals surface area contributed by atoms with E-state index in [1.54, 1.807) is 12.4 Å². The number of carbonyl (C=O) groups is 2. The van der Waals surface area contributed by atoms with Crippen molar-refractivity contribution in [2.24, 2.45) is 11.7 Å². The summed E-state index contributed by atoms with van der Waals surface area (Å²) in [7, 11) is 0. The van der Waals surface area contributed by atoms with Crippen molar-refractivity contribution in [3.05, 3.63) is 24.5 Å². The van der Waals surface area contributed by atoms with Crippen LogP contribution in [-0.4, -0.2) is 70.5 Å². The SMILES string of the molecule is CCn1c(-c2cnc(C)nc2)nc2c(N[C@H]3C[C@H](C(N)=O)[N+](C(=O)C4CC4)(C(C)C)C3)ncnc21. The van der Waals surface area contributed by atoms with Crippen LogP contribution >= 0.6 is 0 Å². The molecule has 1 unspecified atom stereocenters. The van der Waals surface area contributed by atoms with Crippen LogP contribution in [0.1, 0.15) is 45.9 Å². The molecule has 1 saturated heterocycles. The highest BCUT2D eigenvalue weighted by molar-refractivity contribution is 5.87. The smallest absolute Gasteiger partial charge is 0.317 e. The van der Waals surface area contributed by atoms with Gasteiger partial charge in [-0.2, -0.15) is 0 Å². The van der Waals surface area contributed by atoms with Crippen LogP contribution in [0.2, 0.25) is 0 Å². The molecule has 1 saturated carbocycles. The quantitative estimate of drug-likeness (QED) is 0.490. The molecular formula is C24H32N9O2+. The van der Waals surface area contributed by atoms with Gasteiger partial charge in [-0.3, -0.25) is 4.79 Å². The molecule has 11 heteroatoms. The first-order valence-electron chi connectivity index (χ1n) is 12.2. The van der Waals surface area contributed by atoms with Gasteiger partial charge in [-0.25, -0.2) is 34.2 Å². The molecular weight excluding hydrogens is 446 g/mol. The predicted octanol–water partition coefficient (Wildman–Crippen LogP) is 1.81. The number of amides is 2. The zero-order valence-electron chi connectivity index (χ0n) is 20.6. The van der Waals surface area contributed by atoms with Crippen molar-refractivity contribution in [3.63, 3.8) is 0 Å². The molecule has 1 aliphatic carbocycles. The number of hydrogen-bond acceptors (Lipinski definition) is 8. The largest absolute Gasteiger partial charge is 0.364 e. The van der Waals surface area contributed by atoms with E-state index in [2.05, 4.69) is 25.3 Å². The van der Waals surface area contributed by atoms with Crippen LogP contribution < -0.4 is 11.1 Å². The number of anilines is 1. The molecule has 0 bridgehead atoms. The lowest BCUT2D eigenvalue weighted by Gasteiger charge is -2.40. The van der Waals surface area contributed by atoms with Crippen LogP contribution in [0.4, 0.5) is 5.82 Å². The van der Waals surface area contributed by atoms with Crippen LogP contribution in [-0.2, 0) is 16.1 Å². The molecule has 184 valence electrons. The molecule has 2 fully saturated rings. The Morgan fingerprint density at radius 3 is 2.51 bits per heavy atom. The number of aromatic nitrogens is 6. The van der Waals surface area contributed by atoms with Gasteiger partial charge in [0.2, 0.25) is 0 Å². The maximum absolute atomic E-state index is 13.4. The fourth-order valence-electron chi connectivity index (χ4n) is 5.47. The summed E-state index contributed by atoms with van der Waals surface area (Å²) in [5.41, 5.74) is 7.96. The highest BCUT2D eigenvalue weighted by atomic mass is 16.2. The Bertz CT molecular complexity index is 1280. The summed E-state index contributed by atoms with van der Waals surface area (Å²) in [6.07, 6.45) is 7.26. The third-order valence-electron chi connectivity index (χ3n) is 7.40. The van der Waals surface area contributed by atoms with Gasteiger partial charge in [-0.15, -0.1) is 0 Å². The summed E-state index contributed by atoms with van der Waals surface area (Å²) in [6, 6.07) is -0.773. The van der Waals surface area contributed by atoms with E-state index < -0.39 is 11.9 Å². The van der Waals surface area contributed by atoms with Gasteiger partial charge in [0.1, 0.15) is 24.5 Å². The standard InChI is InChI=1S/C24H31N9O2/c1-5-32-22(16-9-26-14(4)27-10-16)31-19-21(28-12-29-23(19)32)30-17-8-18(20(25)34)33(11-17,13(2)3)24(35)15-6-7-15/h9-10,12-13,15,17-18H,5-8,11H2,1-4H3,(H2-,25,28,29,30,34)/p+1/t17-,18+,33?/m0/s1. The van der Waals surface area contributed by atoms with E-state index in [9.17, 15) is 9.59 Å². The van der Waals surface area contributed by atoms with Gasteiger partial charge in [0.05, 0.1) is 23.6 Å². The number of nitrogens with two attached hydrogens (primary N) is 1. The minimum atomic E-state index is -0.564. The summed E-state index contributed by atoms with van der Waals surface area (Å²) in [5, 5.41) is 3.48. The number of fused-ring (bicyclic) bond motifs is 1. The van der Waals surface area contributed by atoms with Crippen LogP contribution in [0, 0.1) is 12.8 Å². The molecule has 0 aromatic carbocycles. The monoisotopic (exact) mass is 478 g/mol. The molecule has 2 aliphatic rings. The summed E-state index contributed by atoms with van der Waals surface area (Å²) in [4.78, 5) is 48.4. The van der Waals surface area contributed by atoms with E-state index in [0.717, 1.165) is 18.4 Å². The van der Waals surface area contributed by atoms with Crippen molar-refractivity contribution in [3.8, 4) is 11.4 Å². The Hall–Kier alpha value is -3.47. The average Bonchev–Trinajstić information content (AvgIpc) is 3.50. The van der Waals surface area contributed by atoms with E-state index in [1.165, 1.54) is 6.33 Å². The van der Waals surface area contributed by atoms with Gasteiger partial charge in [-0.05, 0) is 40.5 Å². The van der Waals surface area contributed by atoms with Crippen molar-refractivity contribution in [2.75, 3.05) is 11.9 Å². The van der Waals surface area contributed by atoms with Crippen molar-refractivity contribution < 1.29 is 14.1 Å². The van der Waals surface area contributed by atoms with Gasteiger partial charge in [0, 0.05) is 25.4 Å². The number of quaternary nitrogens is 1. The zero-order valence-corrected chi connectivity index (χ0v) is 20.6. The fraction of sp³-hybridized carbons (Fsp3) is 0.542. The molecule has 3 N–H and O–H groups in total. The Morgan fingerprint density at radius 1 is 1.20 bits per heavy atom. The lowest BCUT2D eigenvalue weighted by Crippen LogP contribution is -2.64. The Kier molecular flexibility index (Phi) is 5.74. The topological polar surface area (TPSA) is 142 Å². The Labute approximate surface area is 203 Å². The molecule has 2 amide bonds. The molecule has 0 radical (unpaired) electrons. The van der Waals surface area contributed by atoms with Gasteiger partial charge < -0.3 is 15.6 Å². The van der Waals surface area contributed by atoms with Gasteiger partial charge >= 0.3 is 5.91 Å². The number of nitrogens with zero attached hydrogens (tertiary/aromatic N) is 7. The normalized spacial score (nSPS) is 24.3. The molecule has 1 aliphatic heterocycles. The first kappa shape index (κ1) is 23.3. The van der Waals surface area contributed by atoms with Crippen molar-refractivity contribution in [1.82, 2.24) is 29.5 Å². The molecule has 3 aromatic rings. The maximum Gasteiger partial charge on any atom is 0.317 e. The van der Waals surface area contributed by atoms with Crippen molar-refractivity contribution in [1.29, 1.82) is 0 Å². The van der Waals surface area contributed by atoms with Gasteiger partial charge in [0.25, 0.3) is 5.91 Å². The van der Waals surface area contributed by atoms with E-state index in [-0.39, 0.29) is 28.4 Å². The number of imidazole rings is 1. The second-order valence-electron chi connectivity index (χ2n) is 9.91. The molecule has 3 atom stereocenters. The second kappa shape index (κ2) is 8.63. The number of hydrogen-bond donors (Lipinski definition) is 2. The van der Waals surface area contributed by atoms with Crippen LogP contribution in [0.3, 0.4) is 0 Å². The van der Waals surface area contributed by atoms with Crippen molar-refractivity contribution >= 4 is 28.8 Å². The number of nitrogens with one attached hydrogen (secondary N) is 1. The minimum Gasteiger partial charge on any atom is -0.364 e. The number of aryl methyl sites for hydroxylation is 2. The first-order valence-corrected chi connectivity index (χ1v) is 12.2. The Balaban J connectivity index is 1.51. The third kappa shape index (κ3) is 3.83. The highest BCUT2D eigenvalue weighted by Crippen LogP contribution is 2.41. The average molecular weight is 479 g/mol. The number of rotatable bonds is 7. The fourth-order valence-corrected chi connectivity index (χ4v) is 5.47. The van der Waals surface area contributed by atoms with E-state index in [0.29, 0.717) is 48.1 Å². The van der Waals surface area contributed by atoms with E-state index >= 15 is 0 Å². The molecule has 5 rings (SSSR count). The maximum atomic E-state index is 13.4. The lowest BCUT2D eigenvalue weighted by atomic mass is 10.1. The van der Waals surface area contributed by atoms with Crippen LogP contribution in [0.15, 0.2) is 18.7 Å². The number of carbonyl (C=O) groups excluding carboxylic acids is 2. The second-order valence-corrected chi connectivity index (χ2v) is 9.91. The summed E-state index contributed by atoms with van der Waals surface area (Å²) in [6.45, 7) is 9.01. The molecule has 4 heterocycles. The lowest BCUT2D eigenvalue weighted by molar-refractivity contribution is -0.879. The summed E-state index contributed by atoms with van der Waals surface area (Å²) in [5.74, 6) is 1.71. The summed E-state index contributed by atoms with van der Waals surface area (Å²) < 4.78 is 2.10. The third-order valence-corrected chi connectivity index (χ3v) is 7.40. The predicted molar refractivity (Wildman–Crippen MR) is 130 cm³/mol. The first-order chi connectivity index (χ1) is 16.8. The minimum absolute atomic E-state index is 0.0308. The van der Waals surface area contributed by atoms with Crippen LogP contribution in [0.5, 0.6) is 0 Å². The summed E-state index contributed by atoms with van der Waals surface area (Å²) >= 11 is 0. The number of likely N-dealkylation sites (tertiary alicyclic amines) is 1. The van der Waals surface area contributed by atoms with Gasteiger partial charge in [0.15, 0.2) is 23.0 Å². The van der Waals surface area contributed by atoms with Gasteiger partial charge in [-0.1, -0.05) is 0 Å². The molecule has 0 spiro atoms. The zero-order chi connectivity index (χ0) is 24.9. The van der Waals surface area contributed by atoms with Crippen LogP contribution in [0.25, 0.3) is 22.6 Å². The van der Waals surface area contributed by atoms with E-state index in [1.807, 2.05) is 32.3 Å². The molecule has 11 nitrogen and oxygen atoms in total. The highest BCUT2D eigenvalue weighted by Gasteiger charge is 2.59. The number of primary amides is 1. The van der Waals surface area contributed by atoms with Crippen molar-refractivity contribution in [2.45, 2.75) is 71.6 Å². The Morgan fingerprint density at radius 2 is 1.91 bits per heavy atom.